The molecule has 2 aromatic heterocycles. The van der Waals surface area contributed by atoms with E-state index in [4.69, 9.17) is 21.6 Å². The number of hydrogen-bond acceptors (Lipinski definition) is 5. The molecule has 128 valence electrons. The number of aromatic nitrogens is 2. The number of anilines is 1. The van der Waals surface area contributed by atoms with Crippen LogP contribution in [0.4, 0.5) is 5.69 Å². The van der Waals surface area contributed by atoms with E-state index in [0.29, 0.717) is 33.6 Å². The predicted octanol–water partition coefficient (Wildman–Crippen LogP) is 4.35. The second kappa shape index (κ2) is 7.64. The Bertz CT molecular complexity index is 980. The van der Waals surface area contributed by atoms with Gasteiger partial charge >= 0.3 is 0 Å². The maximum atomic E-state index is 12.2. The number of halogens is 1. The number of nitrogens with one attached hydrogen (secondary N) is 1. The molecule has 0 spiro atoms. The van der Waals surface area contributed by atoms with E-state index in [1.165, 1.54) is 12.3 Å². The summed E-state index contributed by atoms with van der Waals surface area (Å²) in [5, 5.41) is 12.2. The standard InChI is InChI=1S/C19H13ClN4O2/c1-12-13(10-21)2-8-17(23-12)19(25)24-15-5-9-18(22-11-15)26-16-6-3-14(20)4-7-16/h2-9,11H,1H3,(H,24,25). The third kappa shape index (κ3) is 4.15. The molecule has 3 aromatic rings. The molecule has 1 N–H and O–H groups in total. The average molecular weight is 365 g/mol. The second-order valence-corrected chi connectivity index (χ2v) is 5.77. The Hall–Kier alpha value is -3.43. The number of carbonyl (C=O) groups excluding carboxylic acids is 1. The zero-order valence-corrected chi connectivity index (χ0v) is 14.5. The maximum Gasteiger partial charge on any atom is 0.274 e. The summed E-state index contributed by atoms with van der Waals surface area (Å²) in [5.41, 5.74) is 1.67. The molecule has 6 nitrogen and oxygen atoms in total. The lowest BCUT2D eigenvalue weighted by molar-refractivity contribution is 0.102. The highest BCUT2D eigenvalue weighted by Gasteiger charge is 2.10. The van der Waals surface area contributed by atoms with Crippen molar-refractivity contribution in [3.05, 3.63) is 76.7 Å². The van der Waals surface area contributed by atoms with Crippen molar-refractivity contribution >= 4 is 23.2 Å². The fourth-order valence-corrected chi connectivity index (χ4v) is 2.26. The molecule has 1 aromatic carbocycles. The van der Waals surface area contributed by atoms with Crippen molar-refractivity contribution in [3.63, 3.8) is 0 Å². The second-order valence-electron chi connectivity index (χ2n) is 5.34. The van der Waals surface area contributed by atoms with Crippen LogP contribution < -0.4 is 10.1 Å². The number of amides is 1. The van der Waals surface area contributed by atoms with Gasteiger partial charge in [-0.05, 0) is 49.4 Å². The van der Waals surface area contributed by atoms with Gasteiger partial charge in [0.15, 0.2) is 0 Å². The Morgan fingerprint density at radius 3 is 2.54 bits per heavy atom. The van der Waals surface area contributed by atoms with Crippen LogP contribution in [-0.4, -0.2) is 15.9 Å². The van der Waals surface area contributed by atoms with Crippen molar-refractivity contribution in [3.8, 4) is 17.7 Å². The first kappa shape index (κ1) is 17.4. The Labute approximate surface area is 155 Å². The zero-order valence-electron chi connectivity index (χ0n) is 13.7. The van der Waals surface area contributed by atoms with Crippen molar-refractivity contribution in [2.24, 2.45) is 0 Å². The molecular formula is C19H13ClN4O2. The molecule has 0 atom stereocenters. The van der Waals surface area contributed by atoms with Crippen LogP contribution in [0.1, 0.15) is 21.7 Å². The maximum absolute atomic E-state index is 12.2. The number of nitriles is 1. The smallest absolute Gasteiger partial charge is 0.274 e. The first-order valence-electron chi connectivity index (χ1n) is 7.64. The van der Waals surface area contributed by atoms with Gasteiger partial charge in [0.2, 0.25) is 5.88 Å². The molecule has 7 heteroatoms. The van der Waals surface area contributed by atoms with Gasteiger partial charge in [-0.3, -0.25) is 4.79 Å². The van der Waals surface area contributed by atoms with Crippen LogP contribution in [0.2, 0.25) is 5.02 Å². The van der Waals surface area contributed by atoms with Crippen LogP contribution in [-0.2, 0) is 0 Å². The molecule has 0 saturated carbocycles. The van der Waals surface area contributed by atoms with Gasteiger partial charge in [-0.25, -0.2) is 9.97 Å². The summed E-state index contributed by atoms with van der Waals surface area (Å²) in [6, 6.07) is 15.3. The highest BCUT2D eigenvalue weighted by Crippen LogP contribution is 2.22. The number of nitrogens with zero attached hydrogens (tertiary/aromatic N) is 3. The normalized spacial score (nSPS) is 10.0. The van der Waals surface area contributed by atoms with E-state index in [9.17, 15) is 4.79 Å². The summed E-state index contributed by atoms with van der Waals surface area (Å²) >= 11 is 5.83. The van der Waals surface area contributed by atoms with Gasteiger partial charge in [0, 0.05) is 11.1 Å². The van der Waals surface area contributed by atoms with Gasteiger partial charge in [0.1, 0.15) is 17.5 Å². The Balaban J connectivity index is 1.67. The molecule has 3 rings (SSSR count). The fourth-order valence-electron chi connectivity index (χ4n) is 2.14. The lowest BCUT2D eigenvalue weighted by atomic mass is 10.2. The minimum atomic E-state index is -0.384. The molecule has 26 heavy (non-hydrogen) atoms. The van der Waals surface area contributed by atoms with Gasteiger partial charge < -0.3 is 10.1 Å². The van der Waals surface area contributed by atoms with Crippen LogP contribution in [0.25, 0.3) is 0 Å². The molecule has 0 aliphatic rings. The minimum absolute atomic E-state index is 0.225. The summed E-state index contributed by atoms with van der Waals surface area (Å²) < 4.78 is 5.59. The topological polar surface area (TPSA) is 87.9 Å². The monoisotopic (exact) mass is 364 g/mol. The number of pyridine rings is 2. The van der Waals surface area contributed by atoms with Gasteiger partial charge in [-0.1, -0.05) is 11.6 Å². The predicted molar refractivity (Wildman–Crippen MR) is 97.4 cm³/mol. The summed E-state index contributed by atoms with van der Waals surface area (Å²) in [7, 11) is 0. The highest BCUT2D eigenvalue weighted by molar-refractivity contribution is 6.30. The van der Waals surface area contributed by atoms with Crippen LogP contribution in [0.3, 0.4) is 0 Å². The summed E-state index contributed by atoms with van der Waals surface area (Å²) in [4.78, 5) is 20.5. The van der Waals surface area contributed by atoms with Crippen molar-refractivity contribution in [2.45, 2.75) is 6.92 Å². The molecule has 0 unspecified atom stereocenters. The molecule has 2 heterocycles. The molecule has 1 amide bonds. The van der Waals surface area contributed by atoms with Crippen molar-refractivity contribution in [2.75, 3.05) is 5.32 Å². The first-order valence-corrected chi connectivity index (χ1v) is 8.01. The molecule has 0 bridgehead atoms. The molecule has 0 fully saturated rings. The third-order valence-electron chi connectivity index (χ3n) is 3.47. The van der Waals surface area contributed by atoms with Crippen LogP contribution in [0.15, 0.2) is 54.7 Å². The molecule has 0 aliphatic carbocycles. The highest BCUT2D eigenvalue weighted by atomic mass is 35.5. The van der Waals surface area contributed by atoms with Gasteiger partial charge in [-0.15, -0.1) is 0 Å². The lowest BCUT2D eigenvalue weighted by Gasteiger charge is -2.07. The van der Waals surface area contributed by atoms with Crippen molar-refractivity contribution in [1.29, 1.82) is 5.26 Å². The van der Waals surface area contributed by atoms with E-state index in [2.05, 4.69) is 15.3 Å². The first-order chi connectivity index (χ1) is 12.5. The average Bonchev–Trinajstić information content (AvgIpc) is 2.65. The van der Waals surface area contributed by atoms with Crippen molar-refractivity contribution in [1.82, 2.24) is 9.97 Å². The quantitative estimate of drug-likeness (QED) is 0.743. The van der Waals surface area contributed by atoms with Gasteiger partial charge in [0.25, 0.3) is 5.91 Å². The molecule has 0 radical (unpaired) electrons. The number of benzene rings is 1. The number of ether oxygens (including phenoxy) is 1. The van der Waals surface area contributed by atoms with Gasteiger partial charge in [0.05, 0.1) is 23.1 Å². The van der Waals surface area contributed by atoms with E-state index < -0.39 is 0 Å². The summed E-state index contributed by atoms with van der Waals surface area (Å²) in [6.07, 6.45) is 1.49. The molecule has 0 aliphatic heterocycles. The van der Waals surface area contributed by atoms with E-state index in [-0.39, 0.29) is 11.6 Å². The van der Waals surface area contributed by atoms with Gasteiger partial charge in [-0.2, -0.15) is 5.26 Å². The van der Waals surface area contributed by atoms with E-state index in [0.717, 1.165) is 0 Å². The van der Waals surface area contributed by atoms with Crippen LogP contribution in [0.5, 0.6) is 11.6 Å². The number of aryl methyl sites for hydroxylation is 1. The van der Waals surface area contributed by atoms with E-state index in [1.54, 1.807) is 49.4 Å². The largest absolute Gasteiger partial charge is 0.439 e. The number of rotatable bonds is 4. The third-order valence-corrected chi connectivity index (χ3v) is 3.72. The Morgan fingerprint density at radius 1 is 1.15 bits per heavy atom. The SMILES string of the molecule is Cc1nc(C(=O)Nc2ccc(Oc3ccc(Cl)cc3)nc2)ccc1C#N. The summed E-state index contributed by atoms with van der Waals surface area (Å²) in [6.45, 7) is 1.68. The van der Waals surface area contributed by atoms with E-state index >= 15 is 0 Å². The molecular weight excluding hydrogens is 352 g/mol. The number of hydrogen-bond donors (Lipinski definition) is 1. The lowest BCUT2D eigenvalue weighted by Crippen LogP contribution is -2.14. The zero-order chi connectivity index (χ0) is 18.5. The van der Waals surface area contributed by atoms with Crippen LogP contribution >= 0.6 is 11.6 Å². The fraction of sp³-hybridized carbons (Fsp3) is 0.0526. The Morgan fingerprint density at radius 2 is 1.92 bits per heavy atom. The minimum Gasteiger partial charge on any atom is -0.439 e. The van der Waals surface area contributed by atoms with Crippen LogP contribution in [0, 0.1) is 18.3 Å². The molecule has 0 saturated heterocycles. The van der Waals surface area contributed by atoms with Crippen molar-refractivity contribution < 1.29 is 9.53 Å². The summed E-state index contributed by atoms with van der Waals surface area (Å²) in [5.74, 6) is 0.611. The Kier molecular flexibility index (Phi) is 5.11. The van der Waals surface area contributed by atoms with E-state index in [1.807, 2.05) is 6.07 Å². The number of carbonyl (C=O) groups is 1.